The Labute approximate surface area is 155 Å². The highest BCUT2D eigenvalue weighted by atomic mass is 19.1. The van der Waals surface area contributed by atoms with Crippen molar-refractivity contribution >= 4 is 11.7 Å². The van der Waals surface area contributed by atoms with Crippen molar-refractivity contribution < 1.29 is 23.3 Å². The van der Waals surface area contributed by atoms with E-state index in [2.05, 4.69) is 15.6 Å². The molecule has 0 spiro atoms. The first-order chi connectivity index (χ1) is 13.2. The molecule has 1 aromatic heterocycles. The van der Waals surface area contributed by atoms with Gasteiger partial charge in [0.15, 0.2) is 12.3 Å². The van der Waals surface area contributed by atoms with E-state index < -0.39 is 5.91 Å². The number of halogens is 1. The lowest BCUT2D eigenvalue weighted by Gasteiger charge is -2.07. The lowest BCUT2D eigenvalue weighted by atomic mass is 10.1. The first-order valence-electron chi connectivity index (χ1n) is 8.39. The molecule has 0 aliphatic rings. The zero-order valence-corrected chi connectivity index (χ0v) is 14.6. The number of carbonyl (C=O) groups excluding carboxylic acids is 1. The zero-order chi connectivity index (χ0) is 19.1. The van der Waals surface area contributed by atoms with Crippen molar-refractivity contribution in [3.63, 3.8) is 0 Å². The summed E-state index contributed by atoms with van der Waals surface area (Å²) in [7, 11) is 0. The molecule has 1 heterocycles. The van der Waals surface area contributed by atoms with Gasteiger partial charge in [-0.2, -0.15) is 0 Å². The molecule has 3 aromatic rings. The second kappa shape index (κ2) is 8.79. The second-order valence-corrected chi connectivity index (χ2v) is 5.63. The molecule has 0 radical (unpaired) electrons. The maximum atomic E-state index is 12.9. The predicted molar refractivity (Wildman–Crippen MR) is 96.0 cm³/mol. The van der Waals surface area contributed by atoms with Crippen molar-refractivity contribution in [2.75, 3.05) is 18.5 Å². The van der Waals surface area contributed by atoms with Crippen LogP contribution in [0, 0.1) is 5.82 Å². The van der Waals surface area contributed by atoms with Crippen molar-refractivity contribution in [3.05, 3.63) is 54.3 Å². The summed E-state index contributed by atoms with van der Waals surface area (Å²) in [5.74, 6) is 0.489. The molecular weight excluding hydrogens is 353 g/mol. The fraction of sp³-hybridized carbons (Fsp3) is 0.211. The number of benzene rings is 2. The van der Waals surface area contributed by atoms with Crippen molar-refractivity contribution in [2.45, 2.75) is 13.3 Å². The van der Waals surface area contributed by atoms with Gasteiger partial charge < -0.3 is 14.8 Å². The predicted octanol–water partition coefficient (Wildman–Crippen LogP) is 3.68. The minimum absolute atomic E-state index is 0.185. The van der Waals surface area contributed by atoms with Gasteiger partial charge in [-0.3, -0.25) is 4.79 Å². The molecule has 0 aliphatic heterocycles. The van der Waals surface area contributed by atoms with Crippen LogP contribution in [0.2, 0.25) is 0 Å². The summed E-state index contributed by atoms with van der Waals surface area (Å²) in [6.07, 6.45) is 0.922. The molecule has 0 unspecified atom stereocenters. The first-order valence-corrected chi connectivity index (χ1v) is 8.39. The molecule has 0 saturated carbocycles. The Balaban J connectivity index is 1.60. The summed E-state index contributed by atoms with van der Waals surface area (Å²) in [5, 5.41) is 10.1. The van der Waals surface area contributed by atoms with Crippen LogP contribution >= 0.6 is 0 Å². The van der Waals surface area contributed by atoms with E-state index >= 15 is 0 Å². The highest BCUT2D eigenvalue weighted by Crippen LogP contribution is 2.26. The Morgan fingerprint density at radius 1 is 1.04 bits per heavy atom. The van der Waals surface area contributed by atoms with E-state index in [9.17, 15) is 9.18 Å². The number of anilines is 1. The van der Waals surface area contributed by atoms with Crippen molar-refractivity contribution in [3.8, 4) is 22.8 Å². The number of rotatable bonds is 8. The van der Waals surface area contributed by atoms with Crippen LogP contribution in [0.25, 0.3) is 11.3 Å². The number of hydrogen-bond donors (Lipinski definition) is 1. The normalized spacial score (nSPS) is 10.4. The summed E-state index contributed by atoms with van der Waals surface area (Å²) in [5.41, 5.74) is 1.11. The van der Waals surface area contributed by atoms with Gasteiger partial charge in [-0.15, -0.1) is 0 Å². The van der Waals surface area contributed by atoms with Crippen LogP contribution in [0.4, 0.5) is 10.2 Å². The Kier molecular flexibility index (Phi) is 5.98. The first kappa shape index (κ1) is 18.4. The fourth-order valence-corrected chi connectivity index (χ4v) is 2.24. The standard InChI is InChI=1S/C19H18FN3O4/c1-2-11-25-15-7-3-13(4-8-15)18-19(23-27-22-18)21-17(24)12-26-16-9-5-14(20)6-10-16/h3-10H,2,11-12H2,1H3,(H,21,23,24). The molecule has 1 amide bonds. The molecule has 0 saturated heterocycles. The van der Waals surface area contributed by atoms with E-state index in [0.717, 1.165) is 17.7 Å². The Hall–Kier alpha value is -3.42. The lowest BCUT2D eigenvalue weighted by molar-refractivity contribution is -0.118. The van der Waals surface area contributed by atoms with Gasteiger partial charge in [0.2, 0.25) is 5.82 Å². The third-order valence-electron chi connectivity index (χ3n) is 3.53. The lowest BCUT2D eigenvalue weighted by Crippen LogP contribution is -2.20. The van der Waals surface area contributed by atoms with Gasteiger partial charge in [0.1, 0.15) is 17.3 Å². The summed E-state index contributed by atoms with van der Waals surface area (Å²) < 4.78 is 28.4. The summed E-state index contributed by atoms with van der Waals surface area (Å²) in [4.78, 5) is 12.1. The van der Waals surface area contributed by atoms with E-state index in [1.54, 1.807) is 12.1 Å². The minimum Gasteiger partial charge on any atom is -0.494 e. The molecular formula is C19H18FN3O4. The molecule has 140 valence electrons. The number of nitrogens with zero attached hydrogens (tertiary/aromatic N) is 2. The molecule has 2 aromatic carbocycles. The van der Waals surface area contributed by atoms with E-state index in [0.29, 0.717) is 18.1 Å². The molecule has 0 atom stereocenters. The molecule has 0 fully saturated rings. The van der Waals surface area contributed by atoms with Crippen LogP contribution in [0.5, 0.6) is 11.5 Å². The number of amides is 1. The van der Waals surface area contributed by atoms with Crippen molar-refractivity contribution in [1.82, 2.24) is 10.3 Å². The number of hydrogen-bond acceptors (Lipinski definition) is 6. The Morgan fingerprint density at radius 3 is 2.41 bits per heavy atom. The molecule has 8 heteroatoms. The van der Waals surface area contributed by atoms with Gasteiger partial charge in [0.05, 0.1) is 6.61 Å². The van der Waals surface area contributed by atoms with Gasteiger partial charge >= 0.3 is 0 Å². The van der Waals surface area contributed by atoms with Gasteiger partial charge in [-0.1, -0.05) is 6.92 Å². The van der Waals surface area contributed by atoms with Crippen LogP contribution in [0.15, 0.2) is 53.2 Å². The van der Waals surface area contributed by atoms with Crippen molar-refractivity contribution in [1.29, 1.82) is 0 Å². The van der Waals surface area contributed by atoms with Crippen LogP contribution in [0.3, 0.4) is 0 Å². The maximum absolute atomic E-state index is 12.9. The molecule has 1 N–H and O–H groups in total. The molecule has 0 aliphatic carbocycles. The molecule has 7 nitrogen and oxygen atoms in total. The molecule has 0 bridgehead atoms. The third-order valence-corrected chi connectivity index (χ3v) is 3.53. The smallest absolute Gasteiger partial charge is 0.263 e. The fourth-order valence-electron chi connectivity index (χ4n) is 2.24. The van der Waals surface area contributed by atoms with E-state index in [1.807, 2.05) is 19.1 Å². The highest BCUT2D eigenvalue weighted by molar-refractivity contribution is 5.94. The topological polar surface area (TPSA) is 86.5 Å². The van der Waals surface area contributed by atoms with Crippen LogP contribution < -0.4 is 14.8 Å². The monoisotopic (exact) mass is 371 g/mol. The number of nitrogens with one attached hydrogen (secondary N) is 1. The summed E-state index contributed by atoms with van der Waals surface area (Å²) in [6.45, 7) is 2.41. The number of carbonyl (C=O) groups is 1. The van der Waals surface area contributed by atoms with Gasteiger partial charge in [0, 0.05) is 5.56 Å². The maximum Gasteiger partial charge on any atom is 0.263 e. The van der Waals surface area contributed by atoms with Crippen LogP contribution in [-0.4, -0.2) is 29.4 Å². The molecule has 27 heavy (non-hydrogen) atoms. The number of ether oxygens (including phenoxy) is 2. The third kappa shape index (κ3) is 5.04. The Morgan fingerprint density at radius 2 is 1.70 bits per heavy atom. The molecule has 3 rings (SSSR count). The zero-order valence-electron chi connectivity index (χ0n) is 14.6. The summed E-state index contributed by atoms with van der Waals surface area (Å²) >= 11 is 0. The minimum atomic E-state index is -0.445. The van der Waals surface area contributed by atoms with Crippen LogP contribution in [-0.2, 0) is 4.79 Å². The van der Waals surface area contributed by atoms with E-state index in [1.165, 1.54) is 24.3 Å². The van der Waals surface area contributed by atoms with Gasteiger partial charge in [0.25, 0.3) is 5.91 Å². The van der Waals surface area contributed by atoms with E-state index in [4.69, 9.17) is 14.1 Å². The SMILES string of the molecule is CCCOc1ccc(-c2nonc2NC(=O)COc2ccc(F)cc2)cc1. The van der Waals surface area contributed by atoms with Crippen LogP contribution in [0.1, 0.15) is 13.3 Å². The van der Waals surface area contributed by atoms with Crippen molar-refractivity contribution in [2.24, 2.45) is 0 Å². The average Bonchev–Trinajstić information content (AvgIpc) is 3.14. The summed E-state index contributed by atoms with van der Waals surface area (Å²) in [6, 6.07) is 12.6. The quantitative estimate of drug-likeness (QED) is 0.650. The van der Waals surface area contributed by atoms with Gasteiger partial charge in [-0.25, -0.2) is 9.02 Å². The Bertz CT molecular complexity index is 879. The second-order valence-electron chi connectivity index (χ2n) is 5.63. The average molecular weight is 371 g/mol. The number of aromatic nitrogens is 2. The van der Waals surface area contributed by atoms with Gasteiger partial charge in [-0.05, 0) is 65.3 Å². The van der Waals surface area contributed by atoms with E-state index in [-0.39, 0.29) is 18.2 Å². The highest BCUT2D eigenvalue weighted by Gasteiger charge is 2.15. The largest absolute Gasteiger partial charge is 0.494 e.